The predicted octanol–water partition coefficient (Wildman–Crippen LogP) is 8.02. The molecule has 2 unspecified atom stereocenters. The van der Waals surface area contributed by atoms with Crippen molar-refractivity contribution in [2.24, 2.45) is 39.4 Å². The van der Waals surface area contributed by atoms with Gasteiger partial charge in [0, 0.05) is 12.0 Å². The molecule has 4 heteroatoms. The van der Waals surface area contributed by atoms with E-state index in [0.717, 1.165) is 31.2 Å². The lowest BCUT2D eigenvalue weighted by Gasteiger charge is -2.62. The number of nitrogens with one attached hydrogen (secondary N) is 1. The standard InChI is InChI=1S/C35H57NO3/c1-23(2)10-9-11-24(3)25-14-18-35(8)27-12-13-29-32(4,5)30(39-31(37)28-22-38-21-20-36-28)16-17-33(29,6)26(27)15-19-34(25,35)7/h10,24-25,28-30,36H,9,11-22H2,1-8H3/t24-,25-,28?,29?,30+,33-,34-,35+/m1/s1. The Morgan fingerprint density at radius 2 is 1.82 bits per heavy atom. The molecule has 4 aliphatic carbocycles. The Morgan fingerprint density at radius 1 is 1.05 bits per heavy atom. The van der Waals surface area contributed by atoms with Gasteiger partial charge in [0.1, 0.15) is 12.1 Å². The van der Waals surface area contributed by atoms with Crippen molar-refractivity contribution in [3.63, 3.8) is 0 Å². The number of ether oxygens (including phenoxy) is 2. The second-order valence-corrected chi connectivity index (χ2v) is 15.6. The van der Waals surface area contributed by atoms with Crippen molar-refractivity contribution in [3.05, 3.63) is 22.8 Å². The van der Waals surface area contributed by atoms with E-state index in [9.17, 15) is 4.79 Å². The van der Waals surface area contributed by atoms with Gasteiger partial charge in [0.05, 0.1) is 13.2 Å². The Hall–Kier alpha value is -1.13. The van der Waals surface area contributed by atoms with E-state index in [1.165, 1.54) is 56.9 Å². The summed E-state index contributed by atoms with van der Waals surface area (Å²) in [5.41, 5.74) is 6.07. The van der Waals surface area contributed by atoms with Crippen molar-refractivity contribution < 1.29 is 14.3 Å². The molecule has 3 fully saturated rings. The molecule has 0 amide bonds. The summed E-state index contributed by atoms with van der Waals surface area (Å²) in [6.07, 6.45) is 14.9. The molecule has 1 N–H and O–H groups in total. The lowest BCUT2D eigenvalue weighted by molar-refractivity contribution is -0.174. The molecule has 2 saturated carbocycles. The molecule has 0 bridgehead atoms. The van der Waals surface area contributed by atoms with Crippen LogP contribution in [0.3, 0.4) is 0 Å². The van der Waals surface area contributed by atoms with Crippen LogP contribution in [0.5, 0.6) is 0 Å². The normalized spacial score (nSPS) is 42.2. The number of esters is 1. The monoisotopic (exact) mass is 539 g/mol. The number of hydrogen-bond acceptors (Lipinski definition) is 4. The quantitative estimate of drug-likeness (QED) is 0.274. The summed E-state index contributed by atoms with van der Waals surface area (Å²) in [6, 6.07) is -0.320. The van der Waals surface area contributed by atoms with Crippen molar-refractivity contribution in [1.82, 2.24) is 5.32 Å². The number of morpholine rings is 1. The zero-order chi connectivity index (χ0) is 28.2. The first-order valence-electron chi connectivity index (χ1n) is 16.2. The molecule has 1 aliphatic heterocycles. The number of carbonyl (C=O) groups excluding carboxylic acids is 1. The van der Waals surface area contributed by atoms with Gasteiger partial charge in [-0.1, -0.05) is 64.3 Å². The Balaban J connectivity index is 1.36. The molecular formula is C35H57NO3. The van der Waals surface area contributed by atoms with Gasteiger partial charge in [-0.25, -0.2) is 0 Å². The molecule has 0 aromatic carbocycles. The van der Waals surface area contributed by atoms with Crippen LogP contribution in [0.4, 0.5) is 0 Å². The Labute approximate surface area is 239 Å². The molecule has 8 atom stereocenters. The van der Waals surface area contributed by atoms with Crippen LogP contribution in [0.15, 0.2) is 22.8 Å². The third-order valence-electron chi connectivity index (χ3n) is 13.1. The van der Waals surface area contributed by atoms with E-state index in [4.69, 9.17) is 9.47 Å². The summed E-state index contributed by atoms with van der Waals surface area (Å²) in [5, 5.41) is 3.28. The molecule has 4 nitrogen and oxygen atoms in total. The first-order valence-corrected chi connectivity index (χ1v) is 16.2. The predicted molar refractivity (Wildman–Crippen MR) is 159 cm³/mol. The average molecular weight is 540 g/mol. The summed E-state index contributed by atoms with van der Waals surface area (Å²) >= 11 is 0. The Bertz CT molecular complexity index is 1000. The van der Waals surface area contributed by atoms with Crippen molar-refractivity contribution in [1.29, 1.82) is 0 Å². The molecule has 1 heterocycles. The van der Waals surface area contributed by atoms with Crippen LogP contribution in [0.1, 0.15) is 120 Å². The van der Waals surface area contributed by atoms with Crippen molar-refractivity contribution in [3.8, 4) is 0 Å². The van der Waals surface area contributed by atoms with Crippen molar-refractivity contribution in [2.45, 2.75) is 132 Å². The van der Waals surface area contributed by atoms with Gasteiger partial charge < -0.3 is 14.8 Å². The zero-order valence-corrected chi connectivity index (χ0v) is 26.4. The zero-order valence-electron chi connectivity index (χ0n) is 26.4. The fourth-order valence-electron chi connectivity index (χ4n) is 10.6. The van der Waals surface area contributed by atoms with Gasteiger partial charge in [0.25, 0.3) is 0 Å². The lowest BCUT2D eigenvalue weighted by atomic mass is 9.43. The molecule has 0 radical (unpaired) electrons. The minimum absolute atomic E-state index is 0.0177. The molecule has 39 heavy (non-hydrogen) atoms. The lowest BCUT2D eigenvalue weighted by Crippen LogP contribution is -2.57. The van der Waals surface area contributed by atoms with E-state index < -0.39 is 0 Å². The van der Waals surface area contributed by atoms with E-state index in [2.05, 4.69) is 66.8 Å². The maximum absolute atomic E-state index is 13.0. The second kappa shape index (κ2) is 10.6. The second-order valence-electron chi connectivity index (χ2n) is 15.6. The number of carbonyl (C=O) groups is 1. The van der Waals surface area contributed by atoms with Crippen molar-refractivity contribution in [2.75, 3.05) is 19.8 Å². The summed E-state index contributed by atoms with van der Waals surface area (Å²) in [6.45, 7) is 21.5. The van der Waals surface area contributed by atoms with Crippen LogP contribution in [0, 0.1) is 39.4 Å². The molecule has 0 aromatic heterocycles. The van der Waals surface area contributed by atoms with Gasteiger partial charge in [-0.3, -0.25) is 4.79 Å². The van der Waals surface area contributed by atoms with Crippen LogP contribution in [-0.2, 0) is 14.3 Å². The number of fused-ring (bicyclic) bond motifs is 4. The highest BCUT2D eigenvalue weighted by atomic mass is 16.6. The molecule has 0 spiro atoms. The van der Waals surface area contributed by atoms with Crippen LogP contribution >= 0.6 is 0 Å². The number of allylic oxidation sites excluding steroid dienone is 4. The van der Waals surface area contributed by atoms with E-state index in [0.29, 0.717) is 30.0 Å². The topological polar surface area (TPSA) is 47.6 Å². The minimum atomic E-state index is -0.320. The van der Waals surface area contributed by atoms with E-state index in [-0.39, 0.29) is 28.9 Å². The Morgan fingerprint density at radius 3 is 2.51 bits per heavy atom. The van der Waals surface area contributed by atoms with E-state index in [1.54, 1.807) is 0 Å². The van der Waals surface area contributed by atoms with Crippen LogP contribution in [0.25, 0.3) is 0 Å². The molecule has 1 saturated heterocycles. The fraction of sp³-hybridized carbons (Fsp3) is 0.857. The minimum Gasteiger partial charge on any atom is -0.461 e. The van der Waals surface area contributed by atoms with E-state index >= 15 is 0 Å². The van der Waals surface area contributed by atoms with Crippen LogP contribution in [0.2, 0.25) is 0 Å². The SMILES string of the molecule is CC(C)=CCC[C@@H](C)[C@H]1CC[C@@]2(C)C3=C(CC[C@]12C)[C@@]1(C)CC[C@H](OC(=O)C2COCCN2)C(C)(C)C1CC3. The fourth-order valence-corrected chi connectivity index (χ4v) is 10.6. The highest BCUT2D eigenvalue weighted by Gasteiger charge is 2.63. The molecule has 0 aromatic rings. The van der Waals surface area contributed by atoms with Crippen molar-refractivity contribution >= 4 is 5.97 Å². The highest BCUT2D eigenvalue weighted by Crippen LogP contribution is 2.72. The summed E-state index contributed by atoms with van der Waals surface area (Å²) in [7, 11) is 0. The summed E-state index contributed by atoms with van der Waals surface area (Å²) < 4.78 is 11.8. The molecule has 5 rings (SSSR count). The highest BCUT2D eigenvalue weighted by molar-refractivity contribution is 5.76. The van der Waals surface area contributed by atoms with E-state index in [1.807, 2.05) is 11.1 Å². The van der Waals surface area contributed by atoms with Crippen LogP contribution in [-0.4, -0.2) is 37.9 Å². The van der Waals surface area contributed by atoms with Gasteiger partial charge in [0.15, 0.2) is 0 Å². The molecule has 220 valence electrons. The van der Waals surface area contributed by atoms with Gasteiger partial charge >= 0.3 is 5.97 Å². The first kappa shape index (κ1) is 29.4. The van der Waals surface area contributed by atoms with Gasteiger partial charge in [0.2, 0.25) is 0 Å². The molecular weight excluding hydrogens is 482 g/mol. The first-order chi connectivity index (χ1) is 18.3. The molecule has 5 aliphatic rings. The maximum atomic E-state index is 13.0. The third-order valence-corrected chi connectivity index (χ3v) is 13.1. The third kappa shape index (κ3) is 4.78. The summed E-state index contributed by atoms with van der Waals surface area (Å²) in [5.74, 6) is 2.05. The van der Waals surface area contributed by atoms with Gasteiger partial charge in [-0.2, -0.15) is 0 Å². The number of hydrogen-bond donors (Lipinski definition) is 1. The summed E-state index contributed by atoms with van der Waals surface area (Å²) in [4.78, 5) is 13.0. The smallest absolute Gasteiger partial charge is 0.325 e. The average Bonchev–Trinajstić information content (AvgIpc) is 3.17. The van der Waals surface area contributed by atoms with Gasteiger partial charge in [-0.15, -0.1) is 0 Å². The number of rotatable bonds is 6. The largest absolute Gasteiger partial charge is 0.461 e. The van der Waals surface area contributed by atoms with Gasteiger partial charge in [-0.05, 0) is 112 Å². The maximum Gasteiger partial charge on any atom is 0.325 e. The Kier molecular flexibility index (Phi) is 7.99. The van der Waals surface area contributed by atoms with Crippen LogP contribution < -0.4 is 5.32 Å².